The third kappa shape index (κ3) is 2.97. The third-order valence-electron chi connectivity index (χ3n) is 3.89. The van der Waals surface area contributed by atoms with Crippen LogP contribution in [0.25, 0.3) is 16.8 Å². The van der Waals surface area contributed by atoms with Gasteiger partial charge in [-0.05, 0) is 24.6 Å². The summed E-state index contributed by atoms with van der Waals surface area (Å²) in [6.45, 7) is 2.04. The van der Waals surface area contributed by atoms with Crippen LogP contribution in [0, 0.1) is 6.92 Å². The molecule has 0 bridgehead atoms. The molecule has 0 radical (unpaired) electrons. The van der Waals surface area contributed by atoms with Crippen LogP contribution in [-0.4, -0.2) is 20.0 Å². The molecular formula is C19H16N6. The Labute approximate surface area is 144 Å². The van der Waals surface area contributed by atoms with E-state index in [9.17, 15) is 0 Å². The zero-order chi connectivity index (χ0) is 17.1. The normalized spacial score (nSPS) is 11.2. The van der Waals surface area contributed by atoms with Gasteiger partial charge < -0.3 is 0 Å². The fourth-order valence-electron chi connectivity index (χ4n) is 2.73. The molecule has 6 nitrogen and oxygen atoms in total. The average molecular weight is 328 g/mol. The van der Waals surface area contributed by atoms with Gasteiger partial charge in [0.2, 0.25) is 5.82 Å². The van der Waals surface area contributed by atoms with E-state index in [1.54, 1.807) is 12.3 Å². The number of hydrogen-bond donors (Lipinski definition) is 1. The molecule has 25 heavy (non-hydrogen) atoms. The van der Waals surface area contributed by atoms with Crippen LogP contribution in [-0.2, 0) is 0 Å². The van der Waals surface area contributed by atoms with Gasteiger partial charge in [-0.2, -0.15) is 5.10 Å². The lowest BCUT2D eigenvalue weighted by molar-refractivity contribution is 0.843. The summed E-state index contributed by atoms with van der Waals surface area (Å²) in [4.78, 5) is 0. The van der Waals surface area contributed by atoms with E-state index in [0.717, 1.165) is 22.5 Å². The lowest BCUT2D eigenvalue weighted by Crippen LogP contribution is -1.98. The Morgan fingerprint density at radius 3 is 2.28 bits per heavy atom. The van der Waals surface area contributed by atoms with Crippen LogP contribution >= 0.6 is 0 Å². The molecule has 2 aromatic heterocycles. The minimum Gasteiger partial charge on any atom is -0.283 e. The van der Waals surface area contributed by atoms with Crippen molar-refractivity contribution in [2.75, 3.05) is 0 Å². The number of aromatic nitrogens is 4. The fraction of sp³-hybridized carbons (Fsp3) is 0.0526. The van der Waals surface area contributed by atoms with E-state index in [1.807, 2.05) is 72.3 Å². The van der Waals surface area contributed by atoms with Crippen molar-refractivity contribution in [1.29, 1.82) is 0 Å². The molecule has 0 fully saturated rings. The van der Waals surface area contributed by atoms with Gasteiger partial charge in [-0.3, -0.25) is 5.10 Å². The number of nitrogens with one attached hydrogen (secondary N) is 1. The highest BCUT2D eigenvalue weighted by Gasteiger charge is 2.17. The monoisotopic (exact) mass is 328 g/mol. The number of H-pyrrole nitrogens is 1. The zero-order valence-corrected chi connectivity index (χ0v) is 13.7. The molecule has 2 heterocycles. The Bertz CT molecular complexity index is 985. The van der Waals surface area contributed by atoms with Crippen LogP contribution < -0.4 is 0 Å². The predicted octanol–water partition coefficient (Wildman–Crippen LogP) is 4.99. The number of aromatic amines is 1. The van der Waals surface area contributed by atoms with Crippen molar-refractivity contribution in [1.82, 2.24) is 20.0 Å². The zero-order valence-electron chi connectivity index (χ0n) is 13.7. The van der Waals surface area contributed by atoms with Crippen molar-refractivity contribution in [3.8, 4) is 16.8 Å². The molecule has 0 spiro atoms. The van der Waals surface area contributed by atoms with Gasteiger partial charge in [0.1, 0.15) is 0 Å². The Morgan fingerprint density at radius 1 is 0.880 bits per heavy atom. The van der Waals surface area contributed by atoms with Crippen LogP contribution in [0.2, 0.25) is 0 Å². The first-order valence-electron chi connectivity index (χ1n) is 7.95. The number of para-hydroxylation sites is 1. The molecule has 4 rings (SSSR count). The van der Waals surface area contributed by atoms with E-state index < -0.39 is 0 Å². The highest BCUT2D eigenvalue weighted by Crippen LogP contribution is 2.34. The number of rotatable bonds is 4. The molecule has 0 atom stereocenters. The molecule has 0 aliphatic carbocycles. The first-order chi connectivity index (χ1) is 12.3. The van der Waals surface area contributed by atoms with Gasteiger partial charge in [-0.15, -0.1) is 15.3 Å². The Hall–Kier alpha value is -3.54. The summed E-state index contributed by atoms with van der Waals surface area (Å²) >= 11 is 0. The van der Waals surface area contributed by atoms with E-state index in [4.69, 9.17) is 0 Å². The highest BCUT2D eigenvalue weighted by molar-refractivity contribution is 5.76. The summed E-state index contributed by atoms with van der Waals surface area (Å²) in [5.41, 5.74) is 4.01. The molecule has 0 saturated carbocycles. The van der Waals surface area contributed by atoms with Crippen LogP contribution in [0.4, 0.5) is 11.6 Å². The lowest BCUT2D eigenvalue weighted by atomic mass is 10.1. The maximum Gasteiger partial charge on any atom is 0.204 e. The molecule has 4 aromatic rings. The number of nitrogens with zero attached hydrogens (tertiary/aromatic N) is 5. The largest absolute Gasteiger partial charge is 0.283 e. The molecule has 0 aliphatic heterocycles. The van der Waals surface area contributed by atoms with Gasteiger partial charge in [0.25, 0.3) is 0 Å². The molecule has 2 aromatic carbocycles. The lowest BCUT2D eigenvalue weighted by Gasteiger charge is -2.05. The van der Waals surface area contributed by atoms with E-state index in [2.05, 4.69) is 25.5 Å². The highest BCUT2D eigenvalue weighted by atomic mass is 15.3. The van der Waals surface area contributed by atoms with Gasteiger partial charge in [0.05, 0.1) is 16.9 Å². The van der Waals surface area contributed by atoms with Crippen molar-refractivity contribution >= 4 is 11.6 Å². The van der Waals surface area contributed by atoms with Crippen LogP contribution in [0.5, 0.6) is 0 Å². The van der Waals surface area contributed by atoms with Crippen molar-refractivity contribution in [3.63, 3.8) is 0 Å². The van der Waals surface area contributed by atoms with Gasteiger partial charge in [0, 0.05) is 12.3 Å². The van der Waals surface area contributed by atoms with Crippen molar-refractivity contribution < 1.29 is 0 Å². The SMILES string of the molecule is Cc1c(-c2ccccc2)c(N=Nc2cc[nH]n2)nn1-c1ccccc1. The second-order valence-electron chi connectivity index (χ2n) is 5.53. The van der Waals surface area contributed by atoms with Gasteiger partial charge in [0.15, 0.2) is 5.82 Å². The molecule has 0 aliphatic rings. The second kappa shape index (κ2) is 6.52. The minimum absolute atomic E-state index is 0.519. The van der Waals surface area contributed by atoms with Crippen LogP contribution in [0.3, 0.4) is 0 Å². The maximum atomic E-state index is 4.67. The first kappa shape index (κ1) is 15.0. The van der Waals surface area contributed by atoms with Gasteiger partial charge >= 0.3 is 0 Å². The molecule has 0 amide bonds. The number of azo groups is 1. The van der Waals surface area contributed by atoms with Crippen LogP contribution in [0.15, 0.2) is 83.2 Å². The first-order valence-corrected chi connectivity index (χ1v) is 7.95. The van der Waals surface area contributed by atoms with Crippen molar-refractivity contribution in [2.45, 2.75) is 6.92 Å². The van der Waals surface area contributed by atoms with Crippen molar-refractivity contribution in [3.05, 3.63) is 78.6 Å². The van der Waals surface area contributed by atoms with E-state index >= 15 is 0 Å². The standard InChI is InChI=1S/C19H16N6/c1-14-18(15-8-4-2-5-9-15)19(23-22-17-12-13-20-21-17)24-25(14)16-10-6-3-7-11-16/h2-13H,1H3,(H,20,21). The summed E-state index contributed by atoms with van der Waals surface area (Å²) in [5, 5.41) is 19.9. The quantitative estimate of drug-likeness (QED) is 0.536. The molecule has 0 saturated heterocycles. The van der Waals surface area contributed by atoms with E-state index in [0.29, 0.717) is 11.6 Å². The smallest absolute Gasteiger partial charge is 0.204 e. The fourth-order valence-corrected chi connectivity index (χ4v) is 2.73. The Morgan fingerprint density at radius 2 is 1.60 bits per heavy atom. The van der Waals surface area contributed by atoms with E-state index in [1.165, 1.54) is 0 Å². The van der Waals surface area contributed by atoms with E-state index in [-0.39, 0.29) is 0 Å². The predicted molar refractivity (Wildman–Crippen MR) is 96.5 cm³/mol. The summed E-state index contributed by atoms with van der Waals surface area (Å²) < 4.78 is 1.89. The average Bonchev–Trinajstić information content (AvgIpc) is 3.29. The molecular weight excluding hydrogens is 312 g/mol. The minimum atomic E-state index is 0.519. The summed E-state index contributed by atoms with van der Waals surface area (Å²) in [7, 11) is 0. The Kier molecular flexibility index (Phi) is 3.92. The van der Waals surface area contributed by atoms with Gasteiger partial charge in [-0.1, -0.05) is 48.5 Å². The topological polar surface area (TPSA) is 71.2 Å². The summed E-state index contributed by atoms with van der Waals surface area (Å²) in [6.07, 6.45) is 1.71. The number of benzene rings is 2. The number of hydrogen-bond acceptors (Lipinski definition) is 4. The van der Waals surface area contributed by atoms with Gasteiger partial charge in [-0.25, -0.2) is 4.68 Å². The second-order valence-corrected chi connectivity index (χ2v) is 5.53. The molecule has 1 N–H and O–H groups in total. The molecule has 122 valence electrons. The maximum absolute atomic E-state index is 4.67. The molecule has 0 unspecified atom stereocenters. The van der Waals surface area contributed by atoms with Crippen LogP contribution in [0.1, 0.15) is 5.69 Å². The summed E-state index contributed by atoms with van der Waals surface area (Å²) in [6, 6.07) is 21.9. The van der Waals surface area contributed by atoms with Crippen molar-refractivity contribution in [2.24, 2.45) is 10.2 Å². The molecule has 6 heteroatoms. The Balaban J connectivity index is 1.87. The third-order valence-corrected chi connectivity index (χ3v) is 3.89. The summed E-state index contributed by atoms with van der Waals surface area (Å²) in [5.74, 6) is 1.08.